The van der Waals surface area contributed by atoms with E-state index < -0.39 is 6.10 Å². The van der Waals surface area contributed by atoms with E-state index in [1.165, 1.54) is 0 Å². The van der Waals surface area contributed by atoms with Crippen LogP contribution in [0.5, 0.6) is 5.75 Å². The number of hydrogen-bond acceptors (Lipinski definition) is 3. The van der Waals surface area contributed by atoms with Crippen molar-refractivity contribution < 1.29 is 9.84 Å². The van der Waals surface area contributed by atoms with E-state index >= 15 is 0 Å². The van der Waals surface area contributed by atoms with Gasteiger partial charge in [0, 0.05) is 12.2 Å². The summed E-state index contributed by atoms with van der Waals surface area (Å²) >= 11 is 0. The lowest BCUT2D eigenvalue weighted by Gasteiger charge is -2.12. The largest absolute Gasteiger partial charge is 0.497 e. The summed E-state index contributed by atoms with van der Waals surface area (Å²) in [5, 5.41) is 13.4. The summed E-state index contributed by atoms with van der Waals surface area (Å²) in [4.78, 5) is 0. The van der Waals surface area contributed by atoms with Crippen molar-refractivity contribution in [2.24, 2.45) is 0 Å². The number of hydrogen-bond donors (Lipinski definition) is 2. The van der Waals surface area contributed by atoms with Gasteiger partial charge in [0.1, 0.15) is 5.75 Å². The molecule has 0 spiro atoms. The van der Waals surface area contributed by atoms with Gasteiger partial charge in [-0.25, -0.2) is 0 Å². The van der Waals surface area contributed by atoms with Crippen LogP contribution in [0.1, 0.15) is 18.1 Å². The normalized spacial score (nSPS) is 11.9. The number of anilines is 1. The first-order valence-electron chi connectivity index (χ1n) is 6.40. The number of aliphatic hydroxyl groups excluding tert-OH is 1. The molecule has 0 fully saturated rings. The van der Waals surface area contributed by atoms with Crippen LogP contribution in [-0.4, -0.2) is 18.8 Å². The molecular formula is C16H19NO2. The second-order valence-electron chi connectivity index (χ2n) is 4.37. The molecule has 1 atom stereocenters. The van der Waals surface area contributed by atoms with Gasteiger partial charge < -0.3 is 15.2 Å². The molecule has 0 saturated heterocycles. The fourth-order valence-electron chi connectivity index (χ4n) is 1.90. The van der Waals surface area contributed by atoms with Gasteiger partial charge in [0.25, 0.3) is 0 Å². The topological polar surface area (TPSA) is 41.5 Å². The van der Waals surface area contributed by atoms with Gasteiger partial charge in [-0.15, -0.1) is 0 Å². The van der Waals surface area contributed by atoms with Gasteiger partial charge >= 0.3 is 0 Å². The highest BCUT2D eigenvalue weighted by molar-refractivity contribution is 5.42. The lowest BCUT2D eigenvalue weighted by molar-refractivity contribution is 0.171. The molecule has 100 valence electrons. The van der Waals surface area contributed by atoms with Crippen LogP contribution in [-0.2, 0) is 0 Å². The molecule has 0 aromatic heterocycles. The summed E-state index contributed by atoms with van der Waals surface area (Å²) in [5.74, 6) is 0.804. The van der Waals surface area contributed by atoms with Gasteiger partial charge in [0.05, 0.1) is 13.2 Å². The summed E-state index contributed by atoms with van der Waals surface area (Å²) in [7, 11) is 1.63. The summed E-state index contributed by atoms with van der Waals surface area (Å²) < 4.78 is 5.09. The van der Waals surface area contributed by atoms with Crippen LogP contribution in [0.3, 0.4) is 0 Å². The second kappa shape index (κ2) is 6.81. The Morgan fingerprint density at radius 3 is 2.37 bits per heavy atom. The van der Waals surface area contributed by atoms with Crippen LogP contribution < -0.4 is 10.1 Å². The molecule has 0 saturated carbocycles. The molecular weight excluding hydrogens is 238 g/mol. The third kappa shape index (κ3) is 4.00. The van der Waals surface area contributed by atoms with Crippen molar-refractivity contribution in [2.45, 2.75) is 12.5 Å². The van der Waals surface area contributed by atoms with E-state index in [2.05, 4.69) is 5.32 Å². The first-order chi connectivity index (χ1) is 9.29. The smallest absolute Gasteiger partial charge is 0.118 e. The maximum absolute atomic E-state index is 10.1. The number of benzene rings is 2. The van der Waals surface area contributed by atoms with Crippen molar-refractivity contribution in [3.8, 4) is 5.75 Å². The van der Waals surface area contributed by atoms with Crippen molar-refractivity contribution in [1.82, 2.24) is 0 Å². The molecule has 0 aliphatic carbocycles. The highest BCUT2D eigenvalue weighted by Crippen LogP contribution is 2.20. The second-order valence-corrected chi connectivity index (χ2v) is 4.37. The van der Waals surface area contributed by atoms with E-state index in [1.807, 2.05) is 54.6 Å². The number of methoxy groups -OCH3 is 1. The molecule has 19 heavy (non-hydrogen) atoms. The van der Waals surface area contributed by atoms with E-state index in [9.17, 15) is 5.11 Å². The average Bonchev–Trinajstić information content (AvgIpc) is 2.48. The number of para-hydroxylation sites is 1. The molecule has 0 heterocycles. The predicted molar refractivity (Wildman–Crippen MR) is 77.5 cm³/mol. The van der Waals surface area contributed by atoms with Crippen molar-refractivity contribution in [2.75, 3.05) is 19.0 Å². The minimum atomic E-state index is -0.456. The molecule has 0 aliphatic rings. The van der Waals surface area contributed by atoms with Crippen LogP contribution >= 0.6 is 0 Å². The zero-order valence-electron chi connectivity index (χ0n) is 11.0. The molecule has 0 radical (unpaired) electrons. The Kier molecular flexibility index (Phi) is 4.81. The molecule has 3 heteroatoms. The molecule has 2 rings (SSSR count). The molecule has 0 bridgehead atoms. The summed E-state index contributed by atoms with van der Waals surface area (Å²) in [6, 6.07) is 17.5. The average molecular weight is 257 g/mol. The first-order valence-corrected chi connectivity index (χ1v) is 6.40. The Morgan fingerprint density at radius 2 is 1.74 bits per heavy atom. The van der Waals surface area contributed by atoms with Gasteiger partial charge in [-0.3, -0.25) is 0 Å². The lowest BCUT2D eigenvalue weighted by atomic mass is 10.1. The van der Waals surface area contributed by atoms with Gasteiger partial charge in [-0.1, -0.05) is 30.3 Å². The van der Waals surface area contributed by atoms with Crippen molar-refractivity contribution in [3.63, 3.8) is 0 Å². The Morgan fingerprint density at radius 1 is 1.05 bits per heavy atom. The molecule has 2 aromatic rings. The Labute approximate surface area is 113 Å². The van der Waals surface area contributed by atoms with E-state index in [-0.39, 0.29) is 0 Å². The van der Waals surface area contributed by atoms with Crippen molar-refractivity contribution >= 4 is 5.69 Å². The highest BCUT2D eigenvalue weighted by Gasteiger charge is 2.07. The van der Waals surface area contributed by atoms with Crippen molar-refractivity contribution in [3.05, 3.63) is 60.2 Å². The Hall–Kier alpha value is -2.00. The van der Waals surface area contributed by atoms with Crippen LogP contribution in [0.2, 0.25) is 0 Å². The zero-order valence-corrected chi connectivity index (χ0v) is 11.0. The number of nitrogens with one attached hydrogen (secondary N) is 1. The SMILES string of the molecule is COc1ccc(C(O)CCNc2ccccc2)cc1. The minimum absolute atomic E-state index is 0.456. The molecule has 2 N–H and O–H groups in total. The maximum Gasteiger partial charge on any atom is 0.118 e. The Balaban J connectivity index is 1.82. The lowest BCUT2D eigenvalue weighted by Crippen LogP contribution is -2.07. The molecule has 0 amide bonds. The molecule has 3 nitrogen and oxygen atoms in total. The standard InChI is InChI=1S/C16H19NO2/c1-19-15-9-7-13(8-10-15)16(18)11-12-17-14-5-3-2-4-6-14/h2-10,16-18H,11-12H2,1H3. The fraction of sp³-hybridized carbons (Fsp3) is 0.250. The van der Waals surface area contributed by atoms with Gasteiger partial charge in [0.15, 0.2) is 0 Å². The van der Waals surface area contributed by atoms with Crippen molar-refractivity contribution in [1.29, 1.82) is 0 Å². The Bertz CT molecular complexity index is 482. The molecule has 1 unspecified atom stereocenters. The van der Waals surface area contributed by atoms with Gasteiger partial charge in [-0.2, -0.15) is 0 Å². The van der Waals surface area contributed by atoms with Gasteiger partial charge in [-0.05, 0) is 36.2 Å². The van der Waals surface area contributed by atoms with Gasteiger partial charge in [0.2, 0.25) is 0 Å². The fourth-order valence-corrected chi connectivity index (χ4v) is 1.90. The summed E-state index contributed by atoms with van der Waals surface area (Å²) in [6.45, 7) is 0.733. The zero-order chi connectivity index (χ0) is 13.5. The third-order valence-electron chi connectivity index (χ3n) is 3.02. The quantitative estimate of drug-likeness (QED) is 0.834. The van der Waals surface area contributed by atoms with E-state index in [0.29, 0.717) is 6.42 Å². The monoisotopic (exact) mass is 257 g/mol. The highest BCUT2D eigenvalue weighted by atomic mass is 16.5. The molecule has 0 aliphatic heterocycles. The first kappa shape index (κ1) is 13.4. The third-order valence-corrected chi connectivity index (χ3v) is 3.02. The van der Waals surface area contributed by atoms with Crippen LogP contribution in [0.15, 0.2) is 54.6 Å². The van der Waals surface area contributed by atoms with E-state index in [0.717, 1.165) is 23.5 Å². The number of ether oxygens (including phenoxy) is 1. The van der Waals surface area contributed by atoms with Crippen LogP contribution in [0.4, 0.5) is 5.69 Å². The van der Waals surface area contributed by atoms with Crippen LogP contribution in [0, 0.1) is 0 Å². The minimum Gasteiger partial charge on any atom is -0.497 e. The summed E-state index contributed by atoms with van der Waals surface area (Å²) in [5.41, 5.74) is 1.99. The maximum atomic E-state index is 10.1. The number of aliphatic hydroxyl groups is 1. The van der Waals surface area contributed by atoms with E-state index in [4.69, 9.17) is 4.74 Å². The summed E-state index contributed by atoms with van der Waals surface area (Å²) in [6.07, 6.45) is 0.212. The van der Waals surface area contributed by atoms with Crippen LogP contribution in [0.25, 0.3) is 0 Å². The molecule has 2 aromatic carbocycles. The number of rotatable bonds is 6. The van der Waals surface area contributed by atoms with E-state index in [1.54, 1.807) is 7.11 Å². The predicted octanol–water partition coefficient (Wildman–Crippen LogP) is 3.23.